The van der Waals surface area contributed by atoms with E-state index in [4.69, 9.17) is 0 Å². The van der Waals surface area contributed by atoms with E-state index in [-0.39, 0.29) is 0 Å². The number of halogens is 1. The summed E-state index contributed by atoms with van der Waals surface area (Å²) in [6, 6.07) is 0.553. The third-order valence-electron chi connectivity index (χ3n) is 2.73. The van der Waals surface area contributed by atoms with Crippen LogP contribution in [0.2, 0.25) is 0 Å². The highest BCUT2D eigenvalue weighted by atomic mass is 79.9. The minimum Gasteiger partial charge on any atom is -0.309 e. The highest BCUT2D eigenvalue weighted by Gasteiger charge is 2.12. The molecule has 1 unspecified atom stereocenters. The molecule has 86 valence electrons. The Kier molecular flexibility index (Phi) is 4.80. The molecule has 15 heavy (non-hydrogen) atoms. The lowest BCUT2D eigenvalue weighted by molar-refractivity contribution is 0.515. The van der Waals surface area contributed by atoms with Crippen molar-refractivity contribution >= 4 is 15.9 Å². The van der Waals surface area contributed by atoms with Crippen LogP contribution in [0, 0.1) is 0 Å². The Bertz CT molecular complexity index is 320. The topological polar surface area (TPSA) is 29.9 Å². The van der Waals surface area contributed by atoms with Crippen molar-refractivity contribution in [3.8, 4) is 0 Å². The molecular formula is C11H20BrN3. The van der Waals surface area contributed by atoms with Crippen LogP contribution >= 0.6 is 15.9 Å². The first kappa shape index (κ1) is 12.7. The van der Waals surface area contributed by atoms with Crippen LogP contribution in [0.15, 0.2) is 4.47 Å². The number of hydrogen-bond acceptors (Lipinski definition) is 2. The SMILES string of the molecule is CCc1nn(C)c(CNC(C)CC)c1Br. The summed E-state index contributed by atoms with van der Waals surface area (Å²) >= 11 is 3.61. The van der Waals surface area contributed by atoms with Crippen LogP contribution in [0.3, 0.4) is 0 Å². The van der Waals surface area contributed by atoms with Crippen molar-refractivity contribution in [3.63, 3.8) is 0 Å². The summed E-state index contributed by atoms with van der Waals surface area (Å²) in [5.74, 6) is 0. The predicted molar refractivity (Wildman–Crippen MR) is 66.9 cm³/mol. The van der Waals surface area contributed by atoms with Gasteiger partial charge < -0.3 is 5.32 Å². The van der Waals surface area contributed by atoms with Crippen LogP contribution in [0.4, 0.5) is 0 Å². The van der Waals surface area contributed by atoms with E-state index in [0.717, 1.165) is 29.6 Å². The summed E-state index contributed by atoms with van der Waals surface area (Å²) in [6.45, 7) is 7.39. The highest BCUT2D eigenvalue weighted by Crippen LogP contribution is 2.21. The molecule has 0 aliphatic carbocycles. The average molecular weight is 274 g/mol. The van der Waals surface area contributed by atoms with Crippen molar-refractivity contribution in [2.24, 2.45) is 7.05 Å². The second-order valence-electron chi connectivity index (χ2n) is 3.87. The van der Waals surface area contributed by atoms with Gasteiger partial charge in [-0.3, -0.25) is 4.68 Å². The standard InChI is InChI=1S/C11H20BrN3/c1-5-8(3)13-7-10-11(12)9(6-2)14-15(10)4/h8,13H,5-7H2,1-4H3. The smallest absolute Gasteiger partial charge is 0.0767 e. The van der Waals surface area contributed by atoms with Crippen LogP contribution in [0.5, 0.6) is 0 Å². The average Bonchev–Trinajstić information content (AvgIpc) is 2.51. The molecule has 0 amide bonds. The Labute approximate surface area is 100 Å². The fraction of sp³-hybridized carbons (Fsp3) is 0.727. The largest absolute Gasteiger partial charge is 0.309 e. The minimum absolute atomic E-state index is 0.553. The van der Waals surface area contributed by atoms with Crippen molar-refractivity contribution in [1.29, 1.82) is 0 Å². The molecule has 0 aliphatic heterocycles. The van der Waals surface area contributed by atoms with E-state index in [1.807, 2.05) is 11.7 Å². The molecule has 1 aromatic heterocycles. The summed E-state index contributed by atoms with van der Waals surface area (Å²) < 4.78 is 3.11. The molecule has 0 bridgehead atoms. The lowest BCUT2D eigenvalue weighted by Crippen LogP contribution is -2.25. The molecule has 0 aromatic carbocycles. The zero-order chi connectivity index (χ0) is 11.4. The second kappa shape index (κ2) is 5.66. The quantitative estimate of drug-likeness (QED) is 0.894. The van der Waals surface area contributed by atoms with E-state index in [1.54, 1.807) is 0 Å². The van der Waals surface area contributed by atoms with Crippen LogP contribution < -0.4 is 5.32 Å². The van der Waals surface area contributed by atoms with Gasteiger partial charge in [0, 0.05) is 19.6 Å². The van der Waals surface area contributed by atoms with Crippen LogP contribution in [-0.4, -0.2) is 15.8 Å². The molecule has 1 heterocycles. The fourth-order valence-corrected chi connectivity index (χ4v) is 2.18. The summed E-state index contributed by atoms with van der Waals surface area (Å²) in [7, 11) is 2.00. The summed E-state index contributed by atoms with van der Waals surface area (Å²) in [6.07, 6.45) is 2.12. The van der Waals surface area contributed by atoms with Crippen LogP contribution in [0.1, 0.15) is 38.6 Å². The Morgan fingerprint density at radius 2 is 2.13 bits per heavy atom. The Hall–Kier alpha value is -0.350. The maximum Gasteiger partial charge on any atom is 0.0767 e. The van der Waals surface area contributed by atoms with Gasteiger partial charge in [-0.15, -0.1) is 0 Å². The van der Waals surface area contributed by atoms with E-state index in [9.17, 15) is 0 Å². The van der Waals surface area contributed by atoms with E-state index in [2.05, 4.69) is 47.1 Å². The van der Waals surface area contributed by atoms with Gasteiger partial charge in [0.2, 0.25) is 0 Å². The van der Waals surface area contributed by atoms with Gasteiger partial charge in [-0.25, -0.2) is 0 Å². The lowest BCUT2D eigenvalue weighted by Gasteiger charge is -2.11. The molecule has 0 fully saturated rings. The molecule has 0 aliphatic rings. The van der Waals surface area contributed by atoms with Crippen molar-refractivity contribution in [2.75, 3.05) is 0 Å². The number of aromatic nitrogens is 2. The first-order valence-electron chi connectivity index (χ1n) is 5.53. The summed E-state index contributed by atoms with van der Waals surface area (Å²) in [4.78, 5) is 0. The van der Waals surface area contributed by atoms with E-state index < -0.39 is 0 Å². The van der Waals surface area contributed by atoms with Gasteiger partial charge in [0.25, 0.3) is 0 Å². The molecule has 0 saturated carbocycles. The fourth-order valence-electron chi connectivity index (χ4n) is 1.43. The predicted octanol–water partition coefficient (Wildman–Crippen LogP) is 2.63. The van der Waals surface area contributed by atoms with E-state index in [1.165, 1.54) is 5.69 Å². The molecule has 1 aromatic rings. The molecule has 1 N–H and O–H groups in total. The number of nitrogens with one attached hydrogen (secondary N) is 1. The normalized spacial score (nSPS) is 13.1. The summed E-state index contributed by atoms with van der Waals surface area (Å²) in [5, 5.41) is 7.94. The van der Waals surface area contributed by atoms with Crippen LogP contribution in [0.25, 0.3) is 0 Å². The third kappa shape index (κ3) is 3.05. The molecular weight excluding hydrogens is 254 g/mol. The van der Waals surface area contributed by atoms with Gasteiger partial charge in [-0.2, -0.15) is 5.10 Å². The summed E-state index contributed by atoms with van der Waals surface area (Å²) in [5.41, 5.74) is 2.37. The Balaban J connectivity index is 2.72. The zero-order valence-corrected chi connectivity index (χ0v) is 11.6. The van der Waals surface area contributed by atoms with Crippen molar-refractivity contribution in [1.82, 2.24) is 15.1 Å². The molecule has 3 nitrogen and oxygen atoms in total. The van der Waals surface area contributed by atoms with E-state index >= 15 is 0 Å². The second-order valence-corrected chi connectivity index (χ2v) is 4.67. The number of aryl methyl sites for hydroxylation is 2. The molecule has 0 radical (unpaired) electrons. The monoisotopic (exact) mass is 273 g/mol. The number of hydrogen-bond donors (Lipinski definition) is 1. The number of rotatable bonds is 5. The molecule has 1 atom stereocenters. The van der Waals surface area contributed by atoms with Crippen molar-refractivity contribution in [3.05, 3.63) is 15.9 Å². The zero-order valence-electron chi connectivity index (χ0n) is 9.97. The third-order valence-corrected chi connectivity index (χ3v) is 3.65. The lowest BCUT2D eigenvalue weighted by atomic mass is 10.2. The Morgan fingerprint density at radius 1 is 1.47 bits per heavy atom. The molecule has 1 rings (SSSR count). The minimum atomic E-state index is 0.553. The van der Waals surface area contributed by atoms with Gasteiger partial charge in [-0.1, -0.05) is 13.8 Å². The van der Waals surface area contributed by atoms with Gasteiger partial charge in [0.05, 0.1) is 15.9 Å². The van der Waals surface area contributed by atoms with Gasteiger partial charge >= 0.3 is 0 Å². The van der Waals surface area contributed by atoms with Gasteiger partial charge in [0.15, 0.2) is 0 Å². The van der Waals surface area contributed by atoms with Gasteiger partial charge in [-0.05, 0) is 35.7 Å². The first-order chi connectivity index (χ1) is 7.10. The Morgan fingerprint density at radius 3 is 2.60 bits per heavy atom. The number of nitrogens with zero attached hydrogens (tertiary/aromatic N) is 2. The van der Waals surface area contributed by atoms with E-state index in [0.29, 0.717) is 6.04 Å². The maximum atomic E-state index is 4.46. The maximum absolute atomic E-state index is 4.46. The van der Waals surface area contributed by atoms with Crippen LogP contribution in [-0.2, 0) is 20.0 Å². The van der Waals surface area contributed by atoms with Crippen molar-refractivity contribution < 1.29 is 0 Å². The molecule has 4 heteroatoms. The van der Waals surface area contributed by atoms with Crippen molar-refractivity contribution in [2.45, 2.75) is 46.2 Å². The first-order valence-corrected chi connectivity index (χ1v) is 6.33. The molecule has 0 spiro atoms. The van der Waals surface area contributed by atoms with Gasteiger partial charge in [0.1, 0.15) is 0 Å². The highest BCUT2D eigenvalue weighted by molar-refractivity contribution is 9.10. The molecule has 0 saturated heterocycles.